The van der Waals surface area contributed by atoms with Gasteiger partial charge in [-0.2, -0.15) is 0 Å². The number of hydrogen-bond acceptors (Lipinski definition) is 3. The van der Waals surface area contributed by atoms with Crippen molar-refractivity contribution in [2.24, 2.45) is 5.73 Å². The third-order valence-corrected chi connectivity index (χ3v) is 6.13. The van der Waals surface area contributed by atoms with Crippen LogP contribution in [0.1, 0.15) is 5.56 Å². The average molecular weight is 516 g/mol. The standard InChI is InChI=1S/C28H26BrN3O2/c29-24-14-11-21(12-15-24)13-16-27(33)32(20-28(34)31-17-5-9-25(30)19-31)26-10-4-8-23(18-26)22-6-2-1-3-7-22/h1-16,18,25H,17,19-20,30H2. The van der Waals surface area contributed by atoms with Crippen molar-refractivity contribution >= 4 is 39.5 Å². The van der Waals surface area contributed by atoms with Crippen LogP contribution in [0.5, 0.6) is 0 Å². The van der Waals surface area contributed by atoms with Crippen molar-refractivity contribution in [3.05, 3.63) is 107 Å². The van der Waals surface area contributed by atoms with Crippen LogP contribution in [-0.4, -0.2) is 42.4 Å². The highest BCUT2D eigenvalue weighted by Gasteiger charge is 2.23. The molecule has 0 fully saturated rings. The Bertz CT molecular complexity index is 1210. The highest BCUT2D eigenvalue weighted by atomic mass is 79.9. The van der Waals surface area contributed by atoms with Crippen molar-refractivity contribution in [1.82, 2.24) is 4.90 Å². The monoisotopic (exact) mass is 515 g/mol. The largest absolute Gasteiger partial charge is 0.336 e. The average Bonchev–Trinajstić information content (AvgIpc) is 2.87. The molecule has 2 N–H and O–H groups in total. The Morgan fingerprint density at radius 2 is 1.74 bits per heavy atom. The first-order chi connectivity index (χ1) is 16.5. The molecule has 0 aliphatic carbocycles. The molecule has 0 saturated heterocycles. The van der Waals surface area contributed by atoms with Gasteiger partial charge in [-0.1, -0.05) is 82.7 Å². The molecule has 0 aromatic heterocycles. The third-order valence-electron chi connectivity index (χ3n) is 5.61. The summed E-state index contributed by atoms with van der Waals surface area (Å²) in [6.07, 6.45) is 7.05. The number of amides is 2. The van der Waals surface area contributed by atoms with Crippen molar-refractivity contribution in [2.75, 3.05) is 24.5 Å². The van der Waals surface area contributed by atoms with Gasteiger partial charge in [-0.15, -0.1) is 0 Å². The normalized spacial score (nSPS) is 15.5. The van der Waals surface area contributed by atoms with Crippen LogP contribution in [0.15, 0.2) is 102 Å². The molecule has 172 valence electrons. The molecule has 1 aliphatic heterocycles. The number of rotatable bonds is 6. The van der Waals surface area contributed by atoms with Gasteiger partial charge in [0.2, 0.25) is 5.91 Å². The van der Waals surface area contributed by atoms with E-state index in [2.05, 4.69) is 15.9 Å². The van der Waals surface area contributed by atoms with E-state index in [1.54, 1.807) is 11.0 Å². The number of benzene rings is 3. The second kappa shape index (κ2) is 11.1. The van der Waals surface area contributed by atoms with Crippen LogP contribution in [0.4, 0.5) is 5.69 Å². The molecular weight excluding hydrogens is 490 g/mol. The van der Waals surface area contributed by atoms with Crippen molar-refractivity contribution < 1.29 is 9.59 Å². The lowest BCUT2D eigenvalue weighted by molar-refractivity contribution is -0.130. The van der Waals surface area contributed by atoms with E-state index in [0.29, 0.717) is 18.8 Å². The highest BCUT2D eigenvalue weighted by molar-refractivity contribution is 9.10. The minimum atomic E-state index is -0.265. The summed E-state index contributed by atoms with van der Waals surface area (Å²) < 4.78 is 0.967. The number of nitrogens with zero attached hydrogens (tertiary/aromatic N) is 2. The third kappa shape index (κ3) is 6.10. The maximum atomic E-state index is 13.3. The van der Waals surface area contributed by atoms with E-state index in [1.165, 1.54) is 11.0 Å². The summed E-state index contributed by atoms with van der Waals surface area (Å²) in [6.45, 7) is 0.867. The first-order valence-electron chi connectivity index (χ1n) is 11.1. The van der Waals surface area contributed by atoms with Gasteiger partial charge in [0.25, 0.3) is 5.91 Å². The van der Waals surface area contributed by atoms with Crippen LogP contribution in [0.3, 0.4) is 0 Å². The molecule has 34 heavy (non-hydrogen) atoms. The van der Waals surface area contributed by atoms with Crippen molar-refractivity contribution in [1.29, 1.82) is 0 Å². The Morgan fingerprint density at radius 1 is 1.00 bits per heavy atom. The Balaban J connectivity index is 1.62. The Hall–Kier alpha value is -3.48. The van der Waals surface area contributed by atoms with Crippen LogP contribution in [-0.2, 0) is 9.59 Å². The van der Waals surface area contributed by atoms with Crippen molar-refractivity contribution in [3.8, 4) is 11.1 Å². The van der Waals surface area contributed by atoms with Gasteiger partial charge < -0.3 is 10.6 Å². The predicted molar refractivity (Wildman–Crippen MR) is 141 cm³/mol. The summed E-state index contributed by atoms with van der Waals surface area (Å²) >= 11 is 3.42. The lowest BCUT2D eigenvalue weighted by Gasteiger charge is -2.30. The van der Waals surface area contributed by atoms with Crippen LogP contribution < -0.4 is 10.6 Å². The molecule has 4 rings (SSSR count). The summed E-state index contributed by atoms with van der Waals surface area (Å²) in [5, 5.41) is 0. The van der Waals surface area contributed by atoms with Crippen LogP contribution >= 0.6 is 15.9 Å². The smallest absolute Gasteiger partial charge is 0.251 e. The van der Waals surface area contributed by atoms with Crippen LogP contribution in [0.2, 0.25) is 0 Å². The summed E-state index contributed by atoms with van der Waals surface area (Å²) in [6, 6.07) is 25.1. The fourth-order valence-corrected chi connectivity index (χ4v) is 4.07. The van der Waals surface area contributed by atoms with Crippen molar-refractivity contribution in [2.45, 2.75) is 6.04 Å². The molecule has 3 aromatic rings. The van der Waals surface area contributed by atoms with E-state index < -0.39 is 0 Å². The fourth-order valence-electron chi connectivity index (χ4n) is 3.80. The zero-order valence-corrected chi connectivity index (χ0v) is 20.3. The second-order valence-corrected chi connectivity index (χ2v) is 9.03. The molecule has 6 heteroatoms. The lowest BCUT2D eigenvalue weighted by atomic mass is 10.0. The van der Waals surface area contributed by atoms with Gasteiger partial charge >= 0.3 is 0 Å². The summed E-state index contributed by atoms with van der Waals surface area (Å²) in [5.41, 5.74) is 9.57. The van der Waals surface area contributed by atoms with E-state index >= 15 is 0 Å². The fraction of sp³-hybridized carbons (Fsp3) is 0.143. The van der Waals surface area contributed by atoms with Gasteiger partial charge in [-0.3, -0.25) is 14.5 Å². The molecule has 1 heterocycles. The molecule has 1 atom stereocenters. The molecule has 0 radical (unpaired) electrons. The molecule has 0 bridgehead atoms. The molecule has 0 saturated carbocycles. The topological polar surface area (TPSA) is 66.6 Å². The number of halogens is 1. The predicted octanol–water partition coefficient (Wildman–Crippen LogP) is 4.89. The summed E-state index contributed by atoms with van der Waals surface area (Å²) in [7, 11) is 0. The van der Waals surface area contributed by atoms with Gasteiger partial charge in [0, 0.05) is 35.4 Å². The second-order valence-electron chi connectivity index (χ2n) is 8.12. The molecule has 0 spiro atoms. The lowest BCUT2D eigenvalue weighted by Crippen LogP contribution is -2.48. The SMILES string of the molecule is NC1C=CCN(C(=O)CN(C(=O)C=Cc2ccc(Br)cc2)c2cccc(-c3ccccc3)c2)C1. The van der Waals surface area contributed by atoms with E-state index in [9.17, 15) is 9.59 Å². The van der Waals surface area contributed by atoms with E-state index in [-0.39, 0.29) is 24.4 Å². The molecule has 5 nitrogen and oxygen atoms in total. The Morgan fingerprint density at radius 3 is 2.47 bits per heavy atom. The molecule has 3 aromatic carbocycles. The van der Waals surface area contributed by atoms with Gasteiger partial charge in [-0.05, 0) is 47.0 Å². The molecule has 1 unspecified atom stereocenters. The van der Waals surface area contributed by atoms with Gasteiger partial charge in [0.15, 0.2) is 0 Å². The van der Waals surface area contributed by atoms with Gasteiger partial charge in [0.1, 0.15) is 6.54 Å². The Kier molecular flexibility index (Phi) is 7.72. The zero-order valence-electron chi connectivity index (χ0n) is 18.7. The van der Waals surface area contributed by atoms with Crippen molar-refractivity contribution in [3.63, 3.8) is 0 Å². The maximum absolute atomic E-state index is 13.3. The number of anilines is 1. The highest BCUT2D eigenvalue weighted by Crippen LogP contribution is 2.25. The first-order valence-corrected chi connectivity index (χ1v) is 11.9. The van der Waals surface area contributed by atoms with Crippen LogP contribution in [0.25, 0.3) is 17.2 Å². The van der Waals surface area contributed by atoms with Gasteiger partial charge in [0.05, 0.1) is 0 Å². The minimum absolute atomic E-state index is 0.0671. The molecular formula is C28H26BrN3O2. The number of carbonyl (C=O) groups excluding carboxylic acids is 2. The zero-order chi connectivity index (χ0) is 23.9. The maximum Gasteiger partial charge on any atom is 0.251 e. The van der Waals surface area contributed by atoms with Gasteiger partial charge in [-0.25, -0.2) is 0 Å². The van der Waals surface area contributed by atoms with E-state index in [1.807, 2.05) is 91.0 Å². The molecule has 1 aliphatic rings. The molecule has 2 amide bonds. The Labute approximate surface area is 208 Å². The number of carbonyl (C=O) groups is 2. The van der Waals surface area contributed by atoms with Crippen LogP contribution in [0, 0.1) is 0 Å². The number of hydrogen-bond donors (Lipinski definition) is 1. The quantitative estimate of drug-likeness (QED) is 0.375. The summed E-state index contributed by atoms with van der Waals surface area (Å²) in [5.74, 6) is -0.409. The van der Waals surface area contributed by atoms with E-state index in [4.69, 9.17) is 5.73 Å². The van der Waals surface area contributed by atoms with E-state index in [0.717, 1.165) is 21.2 Å². The first kappa shape index (κ1) is 23.7. The summed E-state index contributed by atoms with van der Waals surface area (Å²) in [4.78, 5) is 29.7. The minimum Gasteiger partial charge on any atom is -0.336 e. The number of nitrogens with two attached hydrogens (primary N) is 1.